The van der Waals surface area contributed by atoms with Gasteiger partial charge in [0, 0.05) is 26.1 Å². The maximum absolute atomic E-state index is 13.1. The zero-order valence-corrected chi connectivity index (χ0v) is 12.4. The molecule has 0 saturated heterocycles. The normalized spacial score (nSPS) is 13.3. The molecule has 3 nitrogen and oxygen atoms in total. The van der Waals surface area contributed by atoms with Gasteiger partial charge in [-0.2, -0.15) is 0 Å². The van der Waals surface area contributed by atoms with Crippen molar-refractivity contribution in [2.75, 3.05) is 13.6 Å². The summed E-state index contributed by atoms with van der Waals surface area (Å²) < 4.78 is 13.1. The van der Waals surface area contributed by atoms with E-state index in [0.717, 1.165) is 5.56 Å². The van der Waals surface area contributed by atoms with E-state index in [9.17, 15) is 9.18 Å². The highest BCUT2D eigenvalue weighted by Crippen LogP contribution is 2.20. The summed E-state index contributed by atoms with van der Waals surface area (Å²) in [5, 5.41) is 0. The van der Waals surface area contributed by atoms with E-state index in [1.165, 1.54) is 12.1 Å². The maximum atomic E-state index is 13.1. The number of hydrogen-bond donors (Lipinski definition) is 1. The van der Waals surface area contributed by atoms with Crippen molar-refractivity contribution in [3.05, 3.63) is 35.6 Å². The Morgan fingerprint density at radius 1 is 1.42 bits per heavy atom. The van der Waals surface area contributed by atoms with Gasteiger partial charge >= 0.3 is 0 Å². The molecule has 0 aliphatic heterocycles. The molecule has 0 heterocycles. The smallest absolute Gasteiger partial charge is 0.223 e. The Morgan fingerprint density at radius 2 is 2.05 bits per heavy atom. The molecule has 0 fully saturated rings. The van der Waals surface area contributed by atoms with E-state index in [-0.39, 0.29) is 36.1 Å². The van der Waals surface area contributed by atoms with E-state index in [1.807, 2.05) is 19.9 Å². The first kappa shape index (κ1) is 17.9. The molecule has 1 rings (SSSR count). The fraction of sp³-hybridized carbons (Fsp3) is 0.500. The van der Waals surface area contributed by atoms with Crippen LogP contribution in [0.3, 0.4) is 0 Å². The zero-order valence-electron chi connectivity index (χ0n) is 11.6. The van der Waals surface area contributed by atoms with E-state index < -0.39 is 0 Å². The Hall–Kier alpha value is -1.13. The number of carbonyl (C=O) groups excluding carboxylic acids is 1. The molecule has 0 aliphatic carbocycles. The van der Waals surface area contributed by atoms with Gasteiger partial charge in [-0.05, 0) is 30.5 Å². The van der Waals surface area contributed by atoms with E-state index >= 15 is 0 Å². The first-order valence-corrected chi connectivity index (χ1v) is 6.17. The van der Waals surface area contributed by atoms with Crippen LogP contribution in [0.5, 0.6) is 0 Å². The van der Waals surface area contributed by atoms with Crippen molar-refractivity contribution in [2.24, 2.45) is 5.73 Å². The summed E-state index contributed by atoms with van der Waals surface area (Å²) in [7, 11) is 1.75. The second-order valence-electron chi connectivity index (χ2n) is 4.75. The summed E-state index contributed by atoms with van der Waals surface area (Å²) in [6.07, 6.45) is 0.365. The third-order valence-electron chi connectivity index (χ3n) is 3.29. The van der Waals surface area contributed by atoms with Crippen LogP contribution in [0, 0.1) is 5.82 Å². The summed E-state index contributed by atoms with van der Waals surface area (Å²) in [4.78, 5) is 13.6. The number of nitrogens with two attached hydrogens (primary N) is 1. The largest absolute Gasteiger partial charge is 0.342 e. The van der Waals surface area contributed by atoms with Crippen LogP contribution in [0.25, 0.3) is 0 Å². The maximum Gasteiger partial charge on any atom is 0.223 e. The van der Waals surface area contributed by atoms with Gasteiger partial charge in [-0.25, -0.2) is 4.39 Å². The number of likely N-dealkylation sites (N-methyl/N-ethyl adjacent to an activating group) is 1. The average molecular weight is 289 g/mol. The fourth-order valence-electron chi connectivity index (χ4n) is 1.74. The molecule has 0 aromatic heterocycles. The number of amides is 1. The molecule has 2 N–H and O–H groups in total. The van der Waals surface area contributed by atoms with Crippen LogP contribution in [0.1, 0.15) is 31.7 Å². The third-order valence-corrected chi connectivity index (χ3v) is 3.29. The van der Waals surface area contributed by atoms with Gasteiger partial charge < -0.3 is 10.6 Å². The van der Waals surface area contributed by atoms with E-state index in [0.29, 0.717) is 13.0 Å². The first-order valence-electron chi connectivity index (χ1n) is 6.17. The van der Waals surface area contributed by atoms with Crippen molar-refractivity contribution in [2.45, 2.75) is 32.2 Å². The average Bonchev–Trinajstić information content (AvgIpc) is 2.36. The number of benzene rings is 1. The molecule has 1 aromatic rings. The number of carbonyl (C=O) groups is 1. The van der Waals surface area contributed by atoms with Crippen LogP contribution in [0.2, 0.25) is 0 Å². The Balaban J connectivity index is 0.00000324. The fourth-order valence-corrected chi connectivity index (χ4v) is 1.74. The molecule has 0 bridgehead atoms. The van der Waals surface area contributed by atoms with Gasteiger partial charge in [-0.3, -0.25) is 4.79 Å². The van der Waals surface area contributed by atoms with Gasteiger partial charge in [-0.1, -0.05) is 19.1 Å². The second kappa shape index (κ2) is 8.12. The minimum Gasteiger partial charge on any atom is -0.342 e. The lowest BCUT2D eigenvalue weighted by Crippen LogP contribution is -2.40. The van der Waals surface area contributed by atoms with E-state index in [4.69, 9.17) is 5.73 Å². The molecule has 2 atom stereocenters. The Bertz CT molecular complexity index is 414. The zero-order chi connectivity index (χ0) is 13.7. The quantitative estimate of drug-likeness (QED) is 0.905. The molecule has 1 amide bonds. The second-order valence-corrected chi connectivity index (χ2v) is 4.75. The summed E-state index contributed by atoms with van der Waals surface area (Å²) in [5.41, 5.74) is 6.37. The highest BCUT2D eigenvalue weighted by molar-refractivity contribution is 5.85. The van der Waals surface area contributed by atoms with Crippen LogP contribution in [0.4, 0.5) is 4.39 Å². The Kier molecular flexibility index (Phi) is 7.64. The van der Waals surface area contributed by atoms with Crippen LogP contribution in [-0.4, -0.2) is 30.4 Å². The molecule has 2 unspecified atom stereocenters. The van der Waals surface area contributed by atoms with Crippen LogP contribution >= 0.6 is 12.4 Å². The number of halogens is 2. The summed E-state index contributed by atoms with van der Waals surface area (Å²) in [6.45, 7) is 4.27. The van der Waals surface area contributed by atoms with E-state index in [1.54, 1.807) is 18.0 Å². The van der Waals surface area contributed by atoms with E-state index in [2.05, 4.69) is 0 Å². The lowest BCUT2D eigenvalue weighted by atomic mass is 9.97. The molecule has 5 heteroatoms. The van der Waals surface area contributed by atoms with Crippen molar-refractivity contribution in [1.29, 1.82) is 0 Å². The lowest BCUT2D eigenvalue weighted by molar-refractivity contribution is -0.131. The van der Waals surface area contributed by atoms with Crippen LogP contribution in [0.15, 0.2) is 24.3 Å². The third kappa shape index (κ3) is 5.17. The molecule has 0 spiro atoms. The molecule has 0 aliphatic rings. The monoisotopic (exact) mass is 288 g/mol. The minimum absolute atomic E-state index is 0. The highest BCUT2D eigenvalue weighted by atomic mass is 35.5. The molecule has 19 heavy (non-hydrogen) atoms. The van der Waals surface area contributed by atoms with Gasteiger partial charge in [0.1, 0.15) is 5.82 Å². The molecular weight excluding hydrogens is 267 g/mol. The summed E-state index contributed by atoms with van der Waals surface area (Å²) in [5.74, 6) is -0.235. The predicted molar refractivity (Wildman–Crippen MR) is 78.0 cm³/mol. The van der Waals surface area contributed by atoms with Gasteiger partial charge in [0.2, 0.25) is 5.91 Å². The van der Waals surface area contributed by atoms with Crippen molar-refractivity contribution in [1.82, 2.24) is 4.90 Å². The molecule has 0 saturated carbocycles. The summed E-state index contributed by atoms with van der Waals surface area (Å²) in [6, 6.07) is 6.41. The highest BCUT2D eigenvalue weighted by Gasteiger charge is 2.18. The molecular formula is C14H22ClFN2O. The van der Waals surface area contributed by atoms with Crippen LogP contribution < -0.4 is 5.73 Å². The van der Waals surface area contributed by atoms with Crippen molar-refractivity contribution >= 4 is 18.3 Å². The lowest BCUT2D eigenvalue weighted by Gasteiger charge is -2.25. The Labute approximate surface area is 120 Å². The topological polar surface area (TPSA) is 46.3 Å². The first-order chi connectivity index (χ1) is 8.45. The van der Waals surface area contributed by atoms with Gasteiger partial charge in [-0.15, -0.1) is 12.4 Å². The van der Waals surface area contributed by atoms with Crippen molar-refractivity contribution in [3.8, 4) is 0 Å². The van der Waals surface area contributed by atoms with Crippen molar-refractivity contribution < 1.29 is 9.18 Å². The summed E-state index contributed by atoms with van der Waals surface area (Å²) >= 11 is 0. The number of nitrogens with zero attached hydrogens (tertiary/aromatic N) is 1. The number of hydrogen-bond acceptors (Lipinski definition) is 2. The van der Waals surface area contributed by atoms with Crippen molar-refractivity contribution in [3.63, 3.8) is 0 Å². The molecule has 108 valence electrons. The molecule has 0 radical (unpaired) electrons. The van der Waals surface area contributed by atoms with Gasteiger partial charge in [0.05, 0.1) is 0 Å². The standard InChI is InChI=1S/C14H21FN2O.ClH/c1-10(12-5-4-6-13(15)8-12)7-14(18)17(3)11(2)9-16;/h4-6,8,10-11H,7,9,16H2,1-3H3;1H. The molecule has 1 aromatic carbocycles. The minimum atomic E-state index is -0.268. The Morgan fingerprint density at radius 3 is 2.58 bits per heavy atom. The SMILES string of the molecule is CC(CC(=O)N(C)C(C)CN)c1cccc(F)c1.Cl. The van der Waals surface area contributed by atoms with Gasteiger partial charge in [0.25, 0.3) is 0 Å². The van der Waals surface area contributed by atoms with Gasteiger partial charge in [0.15, 0.2) is 0 Å². The number of rotatable bonds is 5. The predicted octanol–water partition coefficient (Wildman–Crippen LogP) is 2.55. The van der Waals surface area contributed by atoms with Crippen LogP contribution in [-0.2, 0) is 4.79 Å².